The lowest BCUT2D eigenvalue weighted by Gasteiger charge is -2.15. The summed E-state index contributed by atoms with van der Waals surface area (Å²) in [5, 5.41) is 11.4. The maximum Gasteiger partial charge on any atom is 0.305 e. The van der Waals surface area contributed by atoms with Crippen LogP contribution >= 0.6 is 0 Å². The van der Waals surface area contributed by atoms with Gasteiger partial charge in [0.15, 0.2) is 0 Å². The van der Waals surface area contributed by atoms with Crippen molar-refractivity contribution < 1.29 is 14.7 Å². The highest BCUT2D eigenvalue weighted by Crippen LogP contribution is 2.04. The lowest BCUT2D eigenvalue weighted by Crippen LogP contribution is -2.36. The Balaban J connectivity index is 2.68. The van der Waals surface area contributed by atoms with Gasteiger partial charge in [0.1, 0.15) is 0 Å². The van der Waals surface area contributed by atoms with Crippen LogP contribution in [0.1, 0.15) is 36.5 Å². The number of carbonyl (C=O) groups excluding carboxylic acids is 1. The highest BCUT2D eigenvalue weighted by molar-refractivity contribution is 5.94. The van der Waals surface area contributed by atoms with Gasteiger partial charge in [-0.05, 0) is 12.5 Å². The molecule has 0 aliphatic rings. The molecule has 0 aliphatic carbocycles. The molecule has 3 N–H and O–H groups in total. The summed E-state index contributed by atoms with van der Waals surface area (Å²) in [5.74, 6) is -1.33. The number of pyridine rings is 1. The van der Waals surface area contributed by atoms with Crippen LogP contribution in [-0.4, -0.2) is 28.0 Å². The van der Waals surface area contributed by atoms with Gasteiger partial charge in [-0.3, -0.25) is 14.4 Å². The first-order valence-electron chi connectivity index (χ1n) is 5.74. The zero-order valence-electron chi connectivity index (χ0n) is 10.1. The Morgan fingerprint density at radius 3 is 2.67 bits per heavy atom. The summed E-state index contributed by atoms with van der Waals surface area (Å²) >= 11 is 0. The van der Waals surface area contributed by atoms with E-state index in [-0.39, 0.29) is 17.9 Å². The summed E-state index contributed by atoms with van der Waals surface area (Å²) < 4.78 is 0. The number of hydrogen-bond acceptors (Lipinski definition) is 3. The molecule has 0 saturated heterocycles. The number of aromatic nitrogens is 1. The maximum absolute atomic E-state index is 11.8. The Morgan fingerprint density at radius 2 is 2.17 bits per heavy atom. The normalized spacial score (nSPS) is 11.8. The van der Waals surface area contributed by atoms with E-state index in [1.54, 1.807) is 0 Å². The molecule has 18 heavy (non-hydrogen) atoms. The quantitative estimate of drug-likeness (QED) is 0.695. The Morgan fingerprint density at radius 1 is 1.44 bits per heavy atom. The molecular weight excluding hydrogens is 236 g/mol. The van der Waals surface area contributed by atoms with Crippen molar-refractivity contribution in [2.45, 2.75) is 32.2 Å². The molecule has 0 radical (unpaired) electrons. The molecule has 98 valence electrons. The summed E-state index contributed by atoms with van der Waals surface area (Å²) in [6.07, 6.45) is 2.58. The molecule has 1 amide bonds. The second-order valence-electron chi connectivity index (χ2n) is 4.00. The van der Waals surface area contributed by atoms with Crippen molar-refractivity contribution in [3.8, 4) is 0 Å². The van der Waals surface area contributed by atoms with Crippen molar-refractivity contribution >= 4 is 11.9 Å². The highest BCUT2D eigenvalue weighted by atomic mass is 16.4. The molecule has 0 bridgehead atoms. The number of aliphatic carboxylic acids is 1. The number of nitrogens with one attached hydrogen (secondary N) is 2. The van der Waals surface area contributed by atoms with E-state index < -0.39 is 12.0 Å². The number of amides is 1. The first kappa shape index (κ1) is 14.0. The van der Waals surface area contributed by atoms with E-state index in [9.17, 15) is 14.4 Å². The highest BCUT2D eigenvalue weighted by Gasteiger charge is 2.16. The molecular formula is C12H16N2O4. The van der Waals surface area contributed by atoms with Gasteiger partial charge in [0.25, 0.3) is 5.91 Å². The molecule has 0 saturated carbocycles. The lowest BCUT2D eigenvalue weighted by atomic mass is 10.1. The van der Waals surface area contributed by atoms with Crippen molar-refractivity contribution in [1.82, 2.24) is 10.3 Å². The van der Waals surface area contributed by atoms with Crippen molar-refractivity contribution in [3.05, 3.63) is 34.2 Å². The topological polar surface area (TPSA) is 99.3 Å². The van der Waals surface area contributed by atoms with Crippen molar-refractivity contribution in [2.24, 2.45) is 0 Å². The fourth-order valence-electron chi connectivity index (χ4n) is 1.61. The van der Waals surface area contributed by atoms with E-state index in [0.717, 1.165) is 6.42 Å². The number of carbonyl (C=O) groups is 2. The molecule has 0 aromatic carbocycles. The third-order valence-corrected chi connectivity index (χ3v) is 2.44. The average Bonchev–Trinajstić information content (AvgIpc) is 2.29. The Hall–Kier alpha value is -2.11. The van der Waals surface area contributed by atoms with Gasteiger partial charge in [-0.2, -0.15) is 0 Å². The first-order valence-corrected chi connectivity index (χ1v) is 5.74. The molecule has 1 heterocycles. The zero-order chi connectivity index (χ0) is 13.5. The summed E-state index contributed by atoms with van der Waals surface area (Å²) in [5.41, 5.74) is 0.0169. The SMILES string of the molecule is CCCC(CC(=O)O)NC(=O)c1ccc(=O)[nH]c1. The minimum atomic E-state index is -0.949. The van der Waals surface area contributed by atoms with Crippen LogP contribution in [0.25, 0.3) is 0 Å². The standard InChI is InChI=1S/C12H16N2O4/c1-2-3-9(6-11(16)17)14-12(18)8-4-5-10(15)13-7-8/h4-5,7,9H,2-3,6H2,1H3,(H,13,15)(H,14,18)(H,16,17). The van der Waals surface area contributed by atoms with Crippen LogP contribution < -0.4 is 10.9 Å². The lowest BCUT2D eigenvalue weighted by molar-refractivity contribution is -0.137. The molecule has 1 rings (SSSR count). The molecule has 1 unspecified atom stereocenters. The van der Waals surface area contributed by atoms with Gasteiger partial charge in [-0.15, -0.1) is 0 Å². The van der Waals surface area contributed by atoms with E-state index in [0.29, 0.717) is 12.0 Å². The van der Waals surface area contributed by atoms with E-state index in [4.69, 9.17) is 5.11 Å². The van der Waals surface area contributed by atoms with Crippen molar-refractivity contribution in [3.63, 3.8) is 0 Å². The van der Waals surface area contributed by atoms with Gasteiger partial charge in [0.2, 0.25) is 5.56 Å². The molecule has 0 aliphatic heterocycles. The van der Waals surface area contributed by atoms with Gasteiger partial charge in [-0.1, -0.05) is 13.3 Å². The molecule has 1 aromatic heterocycles. The van der Waals surface area contributed by atoms with Gasteiger partial charge in [0, 0.05) is 18.3 Å². The third kappa shape index (κ3) is 4.40. The Labute approximate surface area is 104 Å². The fourth-order valence-corrected chi connectivity index (χ4v) is 1.61. The zero-order valence-corrected chi connectivity index (χ0v) is 10.1. The molecule has 1 aromatic rings. The van der Waals surface area contributed by atoms with Crippen LogP contribution in [0.15, 0.2) is 23.1 Å². The summed E-state index contributed by atoms with van der Waals surface area (Å²) in [7, 11) is 0. The predicted octanol–water partition coefficient (Wildman–Crippen LogP) is 0.748. The fraction of sp³-hybridized carbons (Fsp3) is 0.417. The van der Waals surface area contributed by atoms with E-state index >= 15 is 0 Å². The summed E-state index contributed by atoms with van der Waals surface area (Å²) in [4.78, 5) is 35.7. The summed E-state index contributed by atoms with van der Waals surface area (Å²) in [6, 6.07) is 2.26. The smallest absolute Gasteiger partial charge is 0.305 e. The van der Waals surface area contributed by atoms with Crippen LogP contribution in [0.3, 0.4) is 0 Å². The van der Waals surface area contributed by atoms with Crippen LogP contribution in [0.2, 0.25) is 0 Å². The Bertz CT molecular complexity index is 461. The first-order chi connectivity index (χ1) is 8.52. The molecule has 6 heteroatoms. The predicted molar refractivity (Wildman–Crippen MR) is 65.5 cm³/mol. The van der Waals surface area contributed by atoms with E-state index in [1.165, 1.54) is 18.3 Å². The number of H-pyrrole nitrogens is 1. The minimum Gasteiger partial charge on any atom is -0.481 e. The second-order valence-corrected chi connectivity index (χ2v) is 4.00. The van der Waals surface area contributed by atoms with Crippen LogP contribution in [0, 0.1) is 0 Å². The van der Waals surface area contributed by atoms with E-state index in [2.05, 4.69) is 10.3 Å². The van der Waals surface area contributed by atoms with Crippen molar-refractivity contribution in [2.75, 3.05) is 0 Å². The monoisotopic (exact) mass is 252 g/mol. The van der Waals surface area contributed by atoms with Gasteiger partial charge < -0.3 is 15.4 Å². The number of carboxylic acids is 1. The molecule has 0 fully saturated rings. The number of hydrogen-bond donors (Lipinski definition) is 3. The molecule has 6 nitrogen and oxygen atoms in total. The number of aromatic amines is 1. The maximum atomic E-state index is 11.8. The van der Waals surface area contributed by atoms with Gasteiger partial charge in [-0.25, -0.2) is 0 Å². The average molecular weight is 252 g/mol. The van der Waals surface area contributed by atoms with Crippen LogP contribution in [-0.2, 0) is 4.79 Å². The number of carboxylic acid groups (broad SMARTS) is 1. The van der Waals surface area contributed by atoms with Gasteiger partial charge in [0.05, 0.1) is 12.0 Å². The van der Waals surface area contributed by atoms with Crippen LogP contribution in [0.4, 0.5) is 0 Å². The Kier molecular flexibility index (Phi) is 5.10. The second kappa shape index (κ2) is 6.58. The summed E-state index contributed by atoms with van der Waals surface area (Å²) in [6.45, 7) is 1.92. The largest absolute Gasteiger partial charge is 0.481 e. The third-order valence-electron chi connectivity index (χ3n) is 2.44. The van der Waals surface area contributed by atoms with E-state index in [1.807, 2.05) is 6.92 Å². The molecule has 1 atom stereocenters. The van der Waals surface area contributed by atoms with Crippen LogP contribution in [0.5, 0.6) is 0 Å². The molecule has 0 spiro atoms. The van der Waals surface area contributed by atoms with Gasteiger partial charge >= 0.3 is 5.97 Å². The van der Waals surface area contributed by atoms with Crippen molar-refractivity contribution in [1.29, 1.82) is 0 Å². The minimum absolute atomic E-state index is 0.108. The number of rotatable bonds is 6.